The van der Waals surface area contributed by atoms with E-state index in [2.05, 4.69) is 5.43 Å². The largest absolute Gasteiger partial charge is 0.324 e. The predicted molar refractivity (Wildman–Crippen MR) is 49.0 cm³/mol. The number of rotatable bonds is 3. The van der Waals surface area contributed by atoms with Crippen LogP contribution in [0.25, 0.3) is 0 Å². The minimum atomic E-state index is 0.686. The Balaban J connectivity index is 3.10. The van der Waals surface area contributed by atoms with Gasteiger partial charge in [0, 0.05) is 5.56 Å². The average molecular weight is 164 g/mol. The molecule has 12 heavy (non-hydrogen) atoms. The number of anilines is 1. The van der Waals surface area contributed by atoms with E-state index in [1.54, 1.807) is 6.07 Å². The molecule has 1 aromatic rings. The molecule has 64 valence electrons. The van der Waals surface area contributed by atoms with Crippen molar-refractivity contribution in [2.75, 3.05) is 5.43 Å². The minimum Gasteiger partial charge on any atom is -0.324 e. The first-order valence-electron chi connectivity index (χ1n) is 3.86. The van der Waals surface area contributed by atoms with Crippen LogP contribution in [0.4, 0.5) is 5.69 Å². The maximum Gasteiger partial charge on any atom is 0.150 e. The zero-order valence-corrected chi connectivity index (χ0v) is 7.00. The Bertz CT molecular complexity index is 284. The molecule has 0 heterocycles. The summed E-state index contributed by atoms with van der Waals surface area (Å²) < 4.78 is 0. The van der Waals surface area contributed by atoms with Crippen LogP contribution in [-0.2, 0) is 6.42 Å². The van der Waals surface area contributed by atoms with Crippen molar-refractivity contribution in [3.05, 3.63) is 29.3 Å². The van der Waals surface area contributed by atoms with E-state index >= 15 is 0 Å². The number of hydrogen-bond acceptors (Lipinski definition) is 3. The summed E-state index contributed by atoms with van der Waals surface area (Å²) >= 11 is 0. The van der Waals surface area contributed by atoms with E-state index in [0.717, 1.165) is 24.0 Å². The minimum absolute atomic E-state index is 0.686. The molecule has 0 atom stereocenters. The molecule has 0 aliphatic heterocycles. The lowest BCUT2D eigenvalue weighted by Crippen LogP contribution is -2.09. The molecule has 0 aliphatic carbocycles. The Hall–Kier alpha value is -1.35. The fourth-order valence-electron chi connectivity index (χ4n) is 1.12. The number of hydrazine groups is 1. The number of aldehydes is 1. The van der Waals surface area contributed by atoms with Gasteiger partial charge in [-0.25, -0.2) is 0 Å². The molecule has 3 N–H and O–H groups in total. The molecule has 0 bridgehead atoms. The number of nitrogens with one attached hydrogen (secondary N) is 1. The van der Waals surface area contributed by atoms with Gasteiger partial charge in [-0.3, -0.25) is 10.6 Å². The number of hydrogen-bond donors (Lipinski definition) is 2. The fraction of sp³-hybridized carbons (Fsp3) is 0.222. The molecule has 0 saturated carbocycles. The number of carbonyl (C=O) groups is 1. The Morgan fingerprint density at radius 2 is 2.33 bits per heavy atom. The molecule has 0 radical (unpaired) electrons. The summed E-state index contributed by atoms with van der Waals surface area (Å²) in [7, 11) is 0. The molecular weight excluding hydrogens is 152 g/mol. The Labute approximate surface area is 71.5 Å². The van der Waals surface area contributed by atoms with Crippen molar-refractivity contribution >= 4 is 12.0 Å². The van der Waals surface area contributed by atoms with Gasteiger partial charge in [0.05, 0.1) is 5.69 Å². The predicted octanol–water partition coefficient (Wildman–Crippen LogP) is 1.35. The maximum absolute atomic E-state index is 10.4. The second-order valence-electron chi connectivity index (χ2n) is 2.53. The molecule has 0 fully saturated rings. The lowest BCUT2D eigenvalue weighted by atomic mass is 10.1. The average Bonchev–Trinajstić information content (AvgIpc) is 2.16. The first-order valence-corrected chi connectivity index (χ1v) is 3.86. The fourth-order valence-corrected chi connectivity index (χ4v) is 1.12. The van der Waals surface area contributed by atoms with Gasteiger partial charge in [0.1, 0.15) is 6.29 Å². The van der Waals surface area contributed by atoms with Gasteiger partial charge in [-0.15, -0.1) is 0 Å². The van der Waals surface area contributed by atoms with Gasteiger partial charge in [-0.2, -0.15) is 0 Å². The van der Waals surface area contributed by atoms with Crippen molar-refractivity contribution in [1.82, 2.24) is 0 Å². The zero-order chi connectivity index (χ0) is 8.97. The van der Waals surface area contributed by atoms with Crippen molar-refractivity contribution < 1.29 is 4.79 Å². The molecule has 3 heteroatoms. The van der Waals surface area contributed by atoms with E-state index in [1.165, 1.54) is 0 Å². The smallest absolute Gasteiger partial charge is 0.150 e. The zero-order valence-electron chi connectivity index (χ0n) is 7.00. The number of nitrogen functional groups attached to an aromatic ring is 1. The van der Waals surface area contributed by atoms with Crippen LogP contribution in [0.3, 0.4) is 0 Å². The van der Waals surface area contributed by atoms with E-state index in [1.807, 2.05) is 19.1 Å². The molecule has 0 aromatic heterocycles. The highest BCUT2D eigenvalue weighted by atomic mass is 16.1. The van der Waals surface area contributed by atoms with Gasteiger partial charge in [-0.05, 0) is 30.2 Å². The van der Waals surface area contributed by atoms with Crippen molar-refractivity contribution in [3.8, 4) is 0 Å². The summed E-state index contributed by atoms with van der Waals surface area (Å²) in [6.45, 7) is 2.02. The van der Waals surface area contributed by atoms with E-state index in [-0.39, 0.29) is 0 Å². The number of carbonyl (C=O) groups excluding carboxylic acids is 1. The first-order chi connectivity index (χ1) is 5.81. The van der Waals surface area contributed by atoms with Gasteiger partial charge in [0.25, 0.3) is 0 Å². The van der Waals surface area contributed by atoms with Gasteiger partial charge in [-0.1, -0.05) is 6.92 Å². The monoisotopic (exact) mass is 164 g/mol. The third kappa shape index (κ3) is 1.62. The molecule has 0 unspecified atom stereocenters. The number of aryl methyl sites for hydroxylation is 1. The van der Waals surface area contributed by atoms with Gasteiger partial charge in [0.15, 0.2) is 0 Å². The molecular formula is C9H12N2O. The van der Waals surface area contributed by atoms with E-state index in [0.29, 0.717) is 5.56 Å². The molecule has 0 spiro atoms. The lowest BCUT2D eigenvalue weighted by Gasteiger charge is -2.06. The summed E-state index contributed by atoms with van der Waals surface area (Å²) in [4.78, 5) is 10.4. The standard InChI is InChI=1S/C9H12N2O/c1-2-8-5-7(6-12)3-4-9(8)11-10/h3-6,11H,2,10H2,1H3. The SMILES string of the molecule is CCc1cc(C=O)ccc1NN. The van der Waals surface area contributed by atoms with Crippen molar-refractivity contribution in [3.63, 3.8) is 0 Å². The summed E-state index contributed by atoms with van der Waals surface area (Å²) in [5.41, 5.74) is 5.20. The van der Waals surface area contributed by atoms with Crippen LogP contribution < -0.4 is 11.3 Å². The van der Waals surface area contributed by atoms with Crippen molar-refractivity contribution in [2.45, 2.75) is 13.3 Å². The Morgan fingerprint density at radius 3 is 2.83 bits per heavy atom. The summed E-state index contributed by atoms with van der Waals surface area (Å²) in [5.74, 6) is 5.28. The summed E-state index contributed by atoms with van der Waals surface area (Å²) in [6.07, 6.45) is 1.70. The summed E-state index contributed by atoms with van der Waals surface area (Å²) in [5, 5.41) is 0. The van der Waals surface area contributed by atoms with Crippen molar-refractivity contribution in [1.29, 1.82) is 0 Å². The quantitative estimate of drug-likeness (QED) is 0.403. The van der Waals surface area contributed by atoms with Crippen LogP contribution in [0.1, 0.15) is 22.8 Å². The summed E-state index contributed by atoms with van der Waals surface area (Å²) in [6, 6.07) is 5.38. The third-order valence-electron chi connectivity index (χ3n) is 1.80. The van der Waals surface area contributed by atoms with Crippen LogP contribution in [-0.4, -0.2) is 6.29 Å². The number of nitrogens with two attached hydrogens (primary N) is 1. The Kier molecular flexibility index (Phi) is 2.82. The third-order valence-corrected chi connectivity index (χ3v) is 1.80. The van der Waals surface area contributed by atoms with Crippen LogP contribution in [0.5, 0.6) is 0 Å². The normalized spacial score (nSPS) is 9.50. The van der Waals surface area contributed by atoms with Crippen LogP contribution >= 0.6 is 0 Å². The van der Waals surface area contributed by atoms with E-state index < -0.39 is 0 Å². The molecule has 0 aliphatic rings. The lowest BCUT2D eigenvalue weighted by molar-refractivity contribution is 0.112. The van der Waals surface area contributed by atoms with Gasteiger partial charge in [0.2, 0.25) is 0 Å². The van der Waals surface area contributed by atoms with Gasteiger partial charge >= 0.3 is 0 Å². The van der Waals surface area contributed by atoms with Crippen LogP contribution in [0.15, 0.2) is 18.2 Å². The van der Waals surface area contributed by atoms with E-state index in [9.17, 15) is 4.79 Å². The highest BCUT2D eigenvalue weighted by molar-refractivity contribution is 5.76. The molecule has 1 aromatic carbocycles. The van der Waals surface area contributed by atoms with Gasteiger partial charge < -0.3 is 5.43 Å². The second kappa shape index (κ2) is 3.88. The van der Waals surface area contributed by atoms with Crippen molar-refractivity contribution in [2.24, 2.45) is 5.84 Å². The van der Waals surface area contributed by atoms with Crippen LogP contribution in [0.2, 0.25) is 0 Å². The Morgan fingerprint density at radius 1 is 1.58 bits per heavy atom. The highest BCUT2D eigenvalue weighted by Crippen LogP contribution is 2.15. The highest BCUT2D eigenvalue weighted by Gasteiger charge is 1.99. The second-order valence-corrected chi connectivity index (χ2v) is 2.53. The maximum atomic E-state index is 10.4. The van der Waals surface area contributed by atoms with Crippen LogP contribution in [0, 0.1) is 0 Å². The van der Waals surface area contributed by atoms with E-state index in [4.69, 9.17) is 5.84 Å². The molecule has 1 rings (SSSR count). The molecule has 0 saturated heterocycles. The topological polar surface area (TPSA) is 55.1 Å². The number of benzene rings is 1. The molecule has 3 nitrogen and oxygen atoms in total. The molecule has 0 amide bonds. The first kappa shape index (κ1) is 8.74.